The lowest BCUT2D eigenvalue weighted by atomic mass is 10.1. The second-order valence-electron chi connectivity index (χ2n) is 5.38. The number of nitrogens with one attached hydrogen (secondary N) is 2. The second kappa shape index (κ2) is 10.7. The Labute approximate surface area is 138 Å². The summed E-state index contributed by atoms with van der Waals surface area (Å²) < 4.78 is 11.0. The van der Waals surface area contributed by atoms with Crippen LogP contribution < -0.4 is 15.4 Å². The largest absolute Gasteiger partial charge is 0.494 e. The topological polar surface area (TPSA) is 54.9 Å². The van der Waals surface area contributed by atoms with Gasteiger partial charge in [-0.05, 0) is 31.4 Å². The van der Waals surface area contributed by atoms with E-state index in [0.29, 0.717) is 6.61 Å². The Bertz CT molecular complexity index is 500. The van der Waals surface area contributed by atoms with E-state index < -0.39 is 0 Å². The number of nitrogens with zero attached hydrogens (tertiary/aromatic N) is 1. The molecule has 2 rings (SSSR count). The summed E-state index contributed by atoms with van der Waals surface area (Å²) in [4.78, 5) is 4.24. The van der Waals surface area contributed by atoms with Crippen molar-refractivity contribution in [1.29, 1.82) is 0 Å². The Hall–Kier alpha value is -2.01. The average Bonchev–Trinajstić information content (AvgIpc) is 2.61. The fourth-order valence-electron chi connectivity index (χ4n) is 2.34. The molecule has 1 aliphatic rings. The minimum absolute atomic E-state index is 0.695. The number of ether oxygens (including phenoxy) is 2. The van der Waals surface area contributed by atoms with Crippen molar-refractivity contribution in [1.82, 2.24) is 10.6 Å². The first-order chi connectivity index (χ1) is 11.4. The molecule has 5 heteroatoms. The third kappa shape index (κ3) is 7.19. The molecule has 1 aromatic carbocycles. The summed E-state index contributed by atoms with van der Waals surface area (Å²) in [6.45, 7) is 4.03. The lowest BCUT2D eigenvalue weighted by molar-refractivity contribution is 0.153. The van der Waals surface area contributed by atoms with Gasteiger partial charge in [0, 0.05) is 20.1 Å². The molecule has 0 amide bonds. The fraction of sp³-hybridized carbons (Fsp3) is 0.500. The Morgan fingerprint density at radius 1 is 1.22 bits per heavy atom. The number of aliphatic imine (C=N–C) groups is 1. The van der Waals surface area contributed by atoms with Crippen LogP contribution in [0.1, 0.15) is 19.3 Å². The molecule has 0 atom stereocenters. The van der Waals surface area contributed by atoms with Gasteiger partial charge in [-0.3, -0.25) is 4.99 Å². The van der Waals surface area contributed by atoms with Gasteiger partial charge in [0.2, 0.25) is 0 Å². The van der Waals surface area contributed by atoms with Gasteiger partial charge in [0.05, 0.1) is 19.8 Å². The van der Waals surface area contributed by atoms with Gasteiger partial charge < -0.3 is 20.1 Å². The highest BCUT2D eigenvalue weighted by Crippen LogP contribution is 2.10. The lowest BCUT2D eigenvalue weighted by Crippen LogP contribution is -2.38. The second-order valence-corrected chi connectivity index (χ2v) is 5.38. The number of rotatable bonds is 8. The summed E-state index contributed by atoms with van der Waals surface area (Å²) in [7, 11) is 1.80. The number of guanidine groups is 1. The van der Waals surface area contributed by atoms with E-state index in [1.807, 2.05) is 30.3 Å². The van der Waals surface area contributed by atoms with Crippen LogP contribution in [0.2, 0.25) is 0 Å². The maximum atomic E-state index is 5.66. The Morgan fingerprint density at radius 2 is 2.04 bits per heavy atom. The zero-order valence-electron chi connectivity index (χ0n) is 13.9. The van der Waals surface area contributed by atoms with Gasteiger partial charge in [-0.2, -0.15) is 0 Å². The van der Waals surface area contributed by atoms with Crippen LogP contribution in [0, 0.1) is 0 Å². The minimum Gasteiger partial charge on any atom is -0.494 e. The van der Waals surface area contributed by atoms with Gasteiger partial charge in [0.15, 0.2) is 5.96 Å². The van der Waals surface area contributed by atoms with Crippen molar-refractivity contribution in [3.05, 3.63) is 42.0 Å². The van der Waals surface area contributed by atoms with E-state index in [-0.39, 0.29) is 0 Å². The van der Waals surface area contributed by atoms with E-state index >= 15 is 0 Å². The standard InChI is InChI=1S/C18H27N3O2/c1-19-18(21-12-8-16-9-14-22-15-10-16)20-11-5-13-23-17-6-3-2-4-7-17/h2-4,6-7,9H,5,8,10-15H2,1H3,(H2,19,20,21). The molecule has 0 spiro atoms. The maximum absolute atomic E-state index is 5.66. The summed E-state index contributed by atoms with van der Waals surface area (Å²) in [6.07, 6.45) is 5.20. The van der Waals surface area contributed by atoms with Crippen LogP contribution in [0.3, 0.4) is 0 Å². The van der Waals surface area contributed by atoms with Crippen LogP contribution in [-0.4, -0.2) is 45.9 Å². The Morgan fingerprint density at radius 3 is 2.78 bits per heavy atom. The van der Waals surface area contributed by atoms with Crippen LogP contribution in [0.4, 0.5) is 0 Å². The molecule has 0 unspecified atom stereocenters. The van der Waals surface area contributed by atoms with Gasteiger partial charge in [0.1, 0.15) is 5.75 Å². The molecule has 2 N–H and O–H groups in total. The summed E-state index contributed by atoms with van der Waals surface area (Å²) >= 11 is 0. The van der Waals surface area contributed by atoms with Gasteiger partial charge in [-0.1, -0.05) is 29.8 Å². The molecule has 0 radical (unpaired) electrons. The zero-order valence-corrected chi connectivity index (χ0v) is 13.9. The van der Waals surface area contributed by atoms with Crippen molar-refractivity contribution in [2.24, 2.45) is 4.99 Å². The van der Waals surface area contributed by atoms with E-state index in [4.69, 9.17) is 9.47 Å². The quantitative estimate of drug-likeness (QED) is 0.334. The van der Waals surface area contributed by atoms with Crippen molar-refractivity contribution in [3.8, 4) is 5.75 Å². The highest BCUT2D eigenvalue weighted by Gasteiger charge is 2.04. The fourth-order valence-corrected chi connectivity index (χ4v) is 2.34. The first-order valence-electron chi connectivity index (χ1n) is 8.26. The molecule has 0 saturated heterocycles. The summed E-state index contributed by atoms with van der Waals surface area (Å²) in [5.41, 5.74) is 1.47. The van der Waals surface area contributed by atoms with Crippen LogP contribution in [0.25, 0.3) is 0 Å². The zero-order chi connectivity index (χ0) is 16.2. The molecule has 1 aliphatic heterocycles. The molecular weight excluding hydrogens is 290 g/mol. The van der Waals surface area contributed by atoms with Crippen LogP contribution in [0.15, 0.2) is 47.0 Å². The van der Waals surface area contributed by atoms with E-state index in [2.05, 4.69) is 21.7 Å². The number of para-hydroxylation sites is 1. The molecule has 126 valence electrons. The third-order valence-corrected chi connectivity index (χ3v) is 3.65. The van der Waals surface area contributed by atoms with Gasteiger partial charge >= 0.3 is 0 Å². The number of hydrogen-bond donors (Lipinski definition) is 2. The van der Waals surface area contributed by atoms with Gasteiger partial charge in [0.25, 0.3) is 0 Å². The highest BCUT2D eigenvalue weighted by atomic mass is 16.5. The van der Waals surface area contributed by atoms with Gasteiger partial charge in [-0.25, -0.2) is 0 Å². The molecule has 1 aromatic rings. The predicted molar refractivity (Wildman–Crippen MR) is 94.1 cm³/mol. The number of hydrogen-bond acceptors (Lipinski definition) is 3. The van der Waals surface area contributed by atoms with Crippen molar-refractivity contribution in [2.45, 2.75) is 19.3 Å². The highest BCUT2D eigenvalue weighted by molar-refractivity contribution is 5.79. The Kier molecular flexibility index (Phi) is 8.05. The molecular formula is C18H27N3O2. The molecule has 5 nitrogen and oxygen atoms in total. The van der Waals surface area contributed by atoms with Crippen molar-refractivity contribution >= 4 is 5.96 Å². The molecule has 0 saturated carbocycles. The van der Waals surface area contributed by atoms with Crippen LogP contribution in [0.5, 0.6) is 5.75 Å². The van der Waals surface area contributed by atoms with E-state index in [9.17, 15) is 0 Å². The van der Waals surface area contributed by atoms with E-state index in [0.717, 1.165) is 57.3 Å². The van der Waals surface area contributed by atoms with Crippen LogP contribution in [-0.2, 0) is 4.74 Å². The van der Waals surface area contributed by atoms with Gasteiger partial charge in [-0.15, -0.1) is 0 Å². The molecule has 1 heterocycles. The average molecular weight is 317 g/mol. The predicted octanol–water partition coefficient (Wildman–Crippen LogP) is 2.36. The minimum atomic E-state index is 0.695. The van der Waals surface area contributed by atoms with E-state index in [1.54, 1.807) is 7.05 Å². The third-order valence-electron chi connectivity index (χ3n) is 3.65. The Balaban J connectivity index is 1.53. The molecule has 0 fully saturated rings. The van der Waals surface area contributed by atoms with Crippen LogP contribution >= 0.6 is 0 Å². The summed E-state index contributed by atoms with van der Waals surface area (Å²) in [5.74, 6) is 1.76. The summed E-state index contributed by atoms with van der Waals surface area (Å²) in [5, 5.41) is 6.65. The molecule has 0 bridgehead atoms. The van der Waals surface area contributed by atoms with Crippen molar-refractivity contribution < 1.29 is 9.47 Å². The smallest absolute Gasteiger partial charge is 0.190 e. The normalized spacial score (nSPS) is 15.0. The monoisotopic (exact) mass is 317 g/mol. The van der Waals surface area contributed by atoms with Crippen molar-refractivity contribution in [2.75, 3.05) is 40.0 Å². The maximum Gasteiger partial charge on any atom is 0.190 e. The lowest BCUT2D eigenvalue weighted by Gasteiger charge is -2.15. The summed E-state index contributed by atoms with van der Waals surface area (Å²) in [6, 6.07) is 9.89. The number of benzene rings is 1. The first-order valence-corrected chi connectivity index (χ1v) is 8.26. The SMILES string of the molecule is CN=C(NCCCOc1ccccc1)NCCC1=CCOCC1. The molecule has 0 aliphatic carbocycles. The molecule has 0 aromatic heterocycles. The molecule has 23 heavy (non-hydrogen) atoms. The first kappa shape index (κ1) is 17.3. The van der Waals surface area contributed by atoms with E-state index in [1.165, 1.54) is 5.57 Å². The van der Waals surface area contributed by atoms with Crippen molar-refractivity contribution in [3.63, 3.8) is 0 Å².